The monoisotopic (exact) mass is 287 g/mol. The Labute approximate surface area is 86.3 Å². The number of aryl methyl sites for hydroxylation is 1. The van der Waals surface area contributed by atoms with E-state index < -0.39 is 21.2 Å². The minimum atomic E-state index is -0.456. The molecule has 0 saturated carbocycles. The van der Waals surface area contributed by atoms with Crippen molar-refractivity contribution in [3.63, 3.8) is 0 Å². The Morgan fingerprint density at radius 1 is 1.46 bits per heavy atom. The quantitative estimate of drug-likeness (QED) is 0.418. The van der Waals surface area contributed by atoms with Gasteiger partial charge in [-0.15, -0.1) is 0 Å². The molecule has 4 heteroatoms. The van der Waals surface area contributed by atoms with Crippen LogP contribution in [0.3, 0.4) is 0 Å². The van der Waals surface area contributed by atoms with Crippen LogP contribution in [0, 0.1) is 15.9 Å². The first kappa shape index (κ1) is 8.68. The van der Waals surface area contributed by atoms with Gasteiger partial charge in [0.15, 0.2) is 0 Å². The van der Waals surface area contributed by atoms with Gasteiger partial charge in [-0.25, -0.2) is 0 Å². The number of carbonyl (C=O) groups is 1. The second kappa shape index (κ2) is 3.10. The maximum atomic E-state index is 11.4. The van der Waals surface area contributed by atoms with E-state index in [1.807, 2.05) is 25.1 Å². The van der Waals surface area contributed by atoms with Crippen molar-refractivity contribution in [2.75, 3.05) is 0 Å². The van der Waals surface area contributed by atoms with E-state index in [0.717, 1.165) is 14.7 Å². The topological polar surface area (TPSA) is 53.0 Å². The van der Waals surface area contributed by atoms with Crippen LogP contribution in [0.25, 0.3) is 0 Å². The Balaban J connectivity index is 2.55. The number of hydrogen-bond acceptors (Lipinski definition) is 2. The summed E-state index contributed by atoms with van der Waals surface area (Å²) in [5.74, 6) is -0.130. The molecule has 1 aromatic rings. The number of carbonyl (C=O) groups excluding carboxylic acids is 1. The first-order chi connectivity index (χ1) is 6.16. The van der Waals surface area contributed by atoms with E-state index in [2.05, 4.69) is 5.32 Å². The summed E-state index contributed by atoms with van der Waals surface area (Å²) in [4.78, 5) is 11.4. The van der Waals surface area contributed by atoms with Gasteiger partial charge >= 0.3 is 86.3 Å². The molecule has 0 fully saturated rings. The standard InChI is InChI=1S/C9H8IN2O/c1-5-2-3-7-6(4-5)8(13)12-9(11)10-7/h2-4H,1H3,(H2,11,12,13)/q-1. The van der Waals surface area contributed by atoms with E-state index in [4.69, 9.17) is 5.41 Å². The van der Waals surface area contributed by atoms with Crippen LogP contribution in [0.5, 0.6) is 0 Å². The van der Waals surface area contributed by atoms with Gasteiger partial charge < -0.3 is 0 Å². The van der Waals surface area contributed by atoms with Crippen LogP contribution in [0.4, 0.5) is 0 Å². The van der Waals surface area contributed by atoms with E-state index in [9.17, 15) is 4.79 Å². The molecule has 0 unspecified atom stereocenters. The summed E-state index contributed by atoms with van der Waals surface area (Å²) in [5, 5.41) is 9.98. The van der Waals surface area contributed by atoms with Crippen LogP contribution >= 0.6 is 0 Å². The summed E-state index contributed by atoms with van der Waals surface area (Å²) >= 11 is -0.456. The number of hydrogen-bond donors (Lipinski definition) is 2. The molecule has 1 amide bonds. The van der Waals surface area contributed by atoms with Crippen molar-refractivity contribution in [1.29, 1.82) is 5.41 Å². The SMILES string of the molecule is Cc1ccc2c(c1)C(=O)NC(=N)[I-]2. The van der Waals surface area contributed by atoms with Gasteiger partial charge in [0.2, 0.25) is 0 Å². The van der Waals surface area contributed by atoms with Crippen LogP contribution in [-0.2, 0) is 0 Å². The van der Waals surface area contributed by atoms with E-state index >= 15 is 0 Å². The number of benzene rings is 1. The molecule has 1 aromatic carbocycles. The molecule has 1 heterocycles. The summed E-state index contributed by atoms with van der Waals surface area (Å²) in [6.45, 7) is 1.96. The number of halogens is 1. The van der Waals surface area contributed by atoms with E-state index in [-0.39, 0.29) is 5.91 Å². The molecular weight excluding hydrogens is 279 g/mol. The molecule has 2 N–H and O–H groups in total. The molecule has 0 spiro atoms. The average molecular weight is 287 g/mol. The molecule has 13 heavy (non-hydrogen) atoms. The third-order valence-electron chi connectivity index (χ3n) is 1.79. The fraction of sp³-hybridized carbons (Fsp3) is 0.111. The molecule has 0 aromatic heterocycles. The van der Waals surface area contributed by atoms with Crippen molar-refractivity contribution in [2.24, 2.45) is 0 Å². The molecule has 0 bridgehead atoms. The van der Waals surface area contributed by atoms with Crippen LogP contribution in [-0.4, -0.2) is 9.75 Å². The molecule has 68 valence electrons. The summed E-state index contributed by atoms with van der Waals surface area (Å²) in [6, 6.07) is 5.84. The Bertz CT molecular complexity index is 401. The van der Waals surface area contributed by atoms with Crippen LogP contribution < -0.4 is 26.5 Å². The van der Waals surface area contributed by atoms with E-state index in [1.165, 1.54) is 0 Å². The zero-order valence-electron chi connectivity index (χ0n) is 7.02. The van der Waals surface area contributed by atoms with Crippen LogP contribution in [0.1, 0.15) is 15.9 Å². The van der Waals surface area contributed by atoms with Gasteiger partial charge in [0.25, 0.3) is 0 Å². The van der Waals surface area contributed by atoms with Gasteiger partial charge in [-0.1, -0.05) is 0 Å². The van der Waals surface area contributed by atoms with Crippen molar-refractivity contribution in [2.45, 2.75) is 6.92 Å². The van der Waals surface area contributed by atoms with Gasteiger partial charge in [0.05, 0.1) is 0 Å². The molecule has 3 nitrogen and oxygen atoms in total. The molecule has 0 aliphatic carbocycles. The molecule has 1 aliphatic heterocycles. The van der Waals surface area contributed by atoms with Crippen molar-refractivity contribution in [1.82, 2.24) is 5.32 Å². The van der Waals surface area contributed by atoms with Crippen LogP contribution in [0.15, 0.2) is 18.2 Å². The summed E-state index contributed by atoms with van der Waals surface area (Å²) in [6.07, 6.45) is 0. The Morgan fingerprint density at radius 3 is 3.00 bits per heavy atom. The third kappa shape index (κ3) is 1.58. The predicted octanol–water partition coefficient (Wildman–Crippen LogP) is -2.07. The molecule has 0 radical (unpaired) electrons. The first-order valence-corrected chi connectivity index (χ1v) is 5.98. The molecule has 2 rings (SSSR count). The Kier molecular flexibility index (Phi) is 2.07. The predicted molar refractivity (Wildman–Crippen MR) is 45.1 cm³/mol. The molecule has 1 aliphatic rings. The average Bonchev–Trinajstić information content (AvgIpc) is 2.06. The zero-order valence-corrected chi connectivity index (χ0v) is 9.18. The van der Waals surface area contributed by atoms with Crippen molar-refractivity contribution >= 4 is 9.75 Å². The van der Waals surface area contributed by atoms with Crippen molar-refractivity contribution in [3.05, 3.63) is 32.9 Å². The summed E-state index contributed by atoms with van der Waals surface area (Å²) in [5.41, 5.74) is 1.84. The van der Waals surface area contributed by atoms with Crippen LogP contribution in [0.2, 0.25) is 0 Å². The fourth-order valence-corrected chi connectivity index (χ4v) is 3.20. The molecule has 0 saturated heterocycles. The second-order valence-electron chi connectivity index (χ2n) is 2.85. The first-order valence-electron chi connectivity index (χ1n) is 3.82. The fourth-order valence-electron chi connectivity index (χ4n) is 1.19. The number of fused-ring (bicyclic) bond motifs is 1. The van der Waals surface area contributed by atoms with Crippen molar-refractivity contribution in [3.8, 4) is 0 Å². The minimum absolute atomic E-state index is 0.130. The molecule has 0 atom stereocenters. The summed E-state index contributed by atoms with van der Waals surface area (Å²) in [7, 11) is 0. The van der Waals surface area contributed by atoms with E-state index in [1.54, 1.807) is 0 Å². The maximum absolute atomic E-state index is 11.4. The van der Waals surface area contributed by atoms with Crippen molar-refractivity contribution < 1.29 is 26.0 Å². The number of amidine groups is 1. The van der Waals surface area contributed by atoms with E-state index in [0.29, 0.717) is 3.84 Å². The number of amides is 1. The number of rotatable bonds is 0. The van der Waals surface area contributed by atoms with Gasteiger partial charge in [-0.05, 0) is 0 Å². The molecular formula is C9H8IN2O-. The third-order valence-corrected chi connectivity index (χ3v) is 4.12. The van der Waals surface area contributed by atoms with Gasteiger partial charge in [-0.2, -0.15) is 0 Å². The Morgan fingerprint density at radius 2 is 2.23 bits per heavy atom. The van der Waals surface area contributed by atoms with Gasteiger partial charge in [-0.3, -0.25) is 0 Å². The van der Waals surface area contributed by atoms with Gasteiger partial charge in [0.1, 0.15) is 0 Å². The Hall–Kier alpha value is -0.910. The summed E-state index contributed by atoms with van der Waals surface area (Å²) < 4.78 is 1.44. The number of nitrogens with one attached hydrogen (secondary N) is 2. The zero-order chi connectivity index (χ0) is 9.42. The second-order valence-corrected chi connectivity index (χ2v) is 5.63. The van der Waals surface area contributed by atoms with Gasteiger partial charge in [0, 0.05) is 0 Å². The normalized spacial score (nSPS) is 15.8.